The van der Waals surface area contributed by atoms with E-state index in [4.69, 9.17) is 4.74 Å². The van der Waals surface area contributed by atoms with Crippen molar-refractivity contribution < 1.29 is 24.2 Å². The van der Waals surface area contributed by atoms with Gasteiger partial charge in [0.05, 0.1) is 38.9 Å². The minimum atomic E-state index is -0.398. The van der Waals surface area contributed by atoms with Crippen molar-refractivity contribution in [3.05, 3.63) is 29.8 Å². The Labute approximate surface area is 130 Å². The minimum absolute atomic E-state index is 0.0773. The third kappa shape index (κ3) is 4.46. The Hall–Kier alpha value is -2.08. The maximum absolute atomic E-state index is 12.8. The fourth-order valence-corrected chi connectivity index (χ4v) is 2.19. The molecule has 1 atom stereocenters. The molecule has 0 aromatic heterocycles. The van der Waals surface area contributed by atoms with Gasteiger partial charge in [-0.3, -0.25) is 9.59 Å². The SMILES string of the molecule is CCC(CO)N(CCC(=O)OC)C(=O)c1ccccc1OC. The fraction of sp³-hybridized carbons (Fsp3) is 0.500. The van der Waals surface area contributed by atoms with Crippen LogP contribution in [0.3, 0.4) is 0 Å². The number of carbonyl (C=O) groups excluding carboxylic acids is 2. The van der Waals surface area contributed by atoms with Crippen LogP contribution in [0.2, 0.25) is 0 Å². The molecular weight excluding hydrogens is 286 g/mol. The van der Waals surface area contributed by atoms with Crippen LogP contribution in [0.4, 0.5) is 0 Å². The summed E-state index contributed by atoms with van der Waals surface area (Å²) in [6.45, 7) is 1.89. The van der Waals surface area contributed by atoms with Crippen LogP contribution in [-0.2, 0) is 9.53 Å². The monoisotopic (exact) mass is 309 g/mol. The van der Waals surface area contributed by atoms with Gasteiger partial charge in [-0.05, 0) is 18.6 Å². The average molecular weight is 309 g/mol. The number of rotatable bonds is 8. The molecule has 0 aliphatic carbocycles. The number of esters is 1. The average Bonchev–Trinajstić information content (AvgIpc) is 2.57. The first-order chi connectivity index (χ1) is 10.6. The van der Waals surface area contributed by atoms with Crippen LogP contribution in [0.25, 0.3) is 0 Å². The summed E-state index contributed by atoms with van der Waals surface area (Å²) in [7, 11) is 2.80. The van der Waals surface area contributed by atoms with Gasteiger partial charge < -0.3 is 19.5 Å². The van der Waals surface area contributed by atoms with Gasteiger partial charge in [-0.15, -0.1) is 0 Å². The van der Waals surface area contributed by atoms with Crippen molar-refractivity contribution in [2.75, 3.05) is 27.4 Å². The smallest absolute Gasteiger partial charge is 0.307 e. The van der Waals surface area contributed by atoms with Gasteiger partial charge in [0.15, 0.2) is 0 Å². The summed E-state index contributed by atoms with van der Waals surface area (Å²) in [5.41, 5.74) is 0.404. The van der Waals surface area contributed by atoms with Crippen molar-refractivity contribution >= 4 is 11.9 Å². The van der Waals surface area contributed by atoms with Crippen LogP contribution in [0.5, 0.6) is 5.75 Å². The van der Waals surface area contributed by atoms with Crippen molar-refractivity contribution in [2.45, 2.75) is 25.8 Å². The lowest BCUT2D eigenvalue weighted by atomic mass is 10.1. The standard InChI is InChI=1S/C16H23NO5/c1-4-12(11-18)17(10-9-15(19)22-3)16(20)13-7-5-6-8-14(13)21-2/h5-8,12,18H,4,9-11H2,1-3H3. The Morgan fingerprint density at radius 3 is 2.50 bits per heavy atom. The van der Waals surface area contributed by atoms with Gasteiger partial charge in [-0.1, -0.05) is 19.1 Å². The second-order valence-corrected chi connectivity index (χ2v) is 4.77. The zero-order valence-corrected chi connectivity index (χ0v) is 13.2. The number of amides is 1. The molecule has 22 heavy (non-hydrogen) atoms. The van der Waals surface area contributed by atoms with Crippen molar-refractivity contribution in [1.82, 2.24) is 4.90 Å². The molecular formula is C16H23NO5. The molecule has 0 heterocycles. The van der Waals surface area contributed by atoms with Crippen LogP contribution in [0.15, 0.2) is 24.3 Å². The molecule has 1 aromatic carbocycles. The molecule has 1 aromatic rings. The molecule has 1 rings (SSSR count). The summed E-state index contributed by atoms with van der Waals surface area (Å²) >= 11 is 0. The highest BCUT2D eigenvalue weighted by Crippen LogP contribution is 2.21. The zero-order chi connectivity index (χ0) is 16.5. The molecule has 0 saturated heterocycles. The number of benzene rings is 1. The number of carbonyl (C=O) groups is 2. The molecule has 6 heteroatoms. The van der Waals surface area contributed by atoms with Crippen LogP contribution in [-0.4, -0.2) is 55.3 Å². The normalized spacial score (nSPS) is 11.6. The number of para-hydroxylation sites is 1. The third-order valence-corrected chi connectivity index (χ3v) is 3.51. The number of nitrogens with zero attached hydrogens (tertiary/aromatic N) is 1. The third-order valence-electron chi connectivity index (χ3n) is 3.51. The summed E-state index contributed by atoms with van der Waals surface area (Å²) in [6, 6.07) is 6.52. The van der Waals surface area contributed by atoms with Crippen molar-refractivity contribution in [1.29, 1.82) is 0 Å². The van der Waals surface area contributed by atoms with Crippen LogP contribution >= 0.6 is 0 Å². The van der Waals surface area contributed by atoms with Crippen molar-refractivity contribution in [2.24, 2.45) is 0 Å². The molecule has 1 unspecified atom stereocenters. The van der Waals surface area contributed by atoms with Crippen molar-refractivity contribution in [3.8, 4) is 5.75 Å². The number of ether oxygens (including phenoxy) is 2. The van der Waals surface area contributed by atoms with Crippen LogP contribution in [0, 0.1) is 0 Å². The van der Waals surface area contributed by atoms with Crippen LogP contribution < -0.4 is 4.74 Å². The first-order valence-electron chi connectivity index (χ1n) is 7.20. The second-order valence-electron chi connectivity index (χ2n) is 4.77. The highest BCUT2D eigenvalue weighted by atomic mass is 16.5. The number of hydrogen-bond donors (Lipinski definition) is 1. The molecule has 1 amide bonds. The van der Waals surface area contributed by atoms with E-state index in [2.05, 4.69) is 4.74 Å². The predicted octanol–water partition coefficient (Wildman–Crippen LogP) is 1.47. The number of aliphatic hydroxyl groups excluding tert-OH is 1. The topological polar surface area (TPSA) is 76.1 Å². The fourth-order valence-electron chi connectivity index (χ4n) is 2.19. The summed E-state index contributed by atoms with van der Waals surface area (Å²) in [5, 5.41) is 9.50. The molecule has 0 aliphatic rings. The van der Waals surface area contributed by atoms with E-state index in [0.717, 1.165) is 0 Å². The molecule has 6 nitrogen and oxygen atoms in total. The van der Waals surface area contributed by atoms with Gasteiger partial charge in [0.25, 0.3) is 5.91 Å². The highest BCUT2D eigenvalue weighted by molar-refractivity contribution is 5.97. The van der Waals surface area contributed by atoms with E-state index in [1.807, 2.05) is 6.92 Å². The van der Waals surface area contributed by atoms with E-state index in [-0.39, 0.29) is 31.5 Å². The molecule has 0 bridgehead atoms. The van der Waals surface area contributed by atoms with E-state index < -0.39 is 5.97 Å². The number of methoxy groups -OCH3 is 2. The van der Waals surface area contributed by atoms with Gasteiger partial charge >= 0.3 is 5.97 Å². The van der Waals surface area contributed by atoms with Gasteiger partial charge in [-0.25, -0.2) is 0 Å². The van der Waals surface area contributed by atoms with Crippen molar-refractivity contribution in [3.63, 3.8) is 0 Å². The molecule has 1 N–H and O–H groups in total. The van der Waals surface area contributed by atoms with E-state index in [9.17, 15) is 14.7 Å². The van der Waals surface area contributed by atoms with E-state index in [1.165, 1.54) is 19.1 Å². The van der Waals surface area contributed by atoms with E-state index in [1.54, 1.807) is 24.3 Å². The Morgan fingerprint density at radius 2 is 1.95 bits per heavy atom. The lowest BCUT2D eigenvalue weighted by Gasteiger charge is -2.30. The van der Waals surface area contributed by atoms with Gasteiger partial charge in [0.2, 0.25) is 0 Å². The first kappa shape index (κ1) is 18.0. The lowest BCUT2D eigenvalue weighted by molar-refractivity contribution is -0.140. The minimum Gasteiger partial charge on any atom is -0.496 e. The number of hydrogen-bond acceptors (Lipinski definition) is 5. The largest absolute Gasteiger partial charge is 0.496 e. The first-order valence-corrected chi connectivity index (χ1v) is 7.20. The van der Waals surface area contributed by atoms with E-state index in [0.29, 0.717) is 17.7 Å². The second kappa shape index (κ2) is 9.04. The molecule has 0 spiro atoms. The molecule has 0 radical (unpaired) electrons. The van der Waals surface area contributed by atoms with Gasteiger partial charge in [-0.2, -0.15) is 0 Å². The summed E-state index contributed by atoms with van der Waals surface area (Å²) in [5.74, 6) is -0.212. The quantitative estimate of drug-likeness (QED) is 0.736. The van der Waals surface area contributed by atoms with Crippen LogP contribution in [0.1, 0.15) is 30.1 Å². The lowest BCUT2D eigenvalue weighted by Crippen LogP contribution is -2.43. The Balaban J connectivity index is 3.03. The predicted molar refractivity (Wildman–Crippen MR) is 81.8 cm³/mol. The van der Waals surface area contributed by atoms with E-state index >= 15 is 0 Å². The summed E-state index contributed by atoms with van der Waals surface area (Å²) in [6.07, 6.45) is 0.659. The Bertz CT molecular complexity index is 499. The zero-order valence-electron chi connectivity index (χ0n) is 13.2. The van der Waals surface area contributed by atoms with Gasteiger partial charge in [0, 0.05) is 6.54 Å². The molecule has 122 valence electrons. The summed E-state index contributed by atoms with van der Waals surface area (Å²) < 4.78 is 9.82. The Morgan fingerprint density at radius 1 is 1.27 bits per heavy atom. The maximum Gasteiger partial charge on any atom is 0.307 e. The molecule has 0 aliphatic heterocycles. The molecule has 0 fully saturated rings. The summed E-state index contributed by atoms with van der Waals surface area (Å²) in [4.78, 5) is 25.6. The Kier molecular flexibility index (Phi) is 7.39. The van der Waals surface area contributed by atoms with Gasteiger partial charge in [0.1, 0.15) is 5.75 Å². The highest BCUT2D eigenvalue weighted by Gasteiger charge is 2.25. The number of aliphatic hydroxyl groups is 1. The maximum atomic E-state index is 12.8. The molecule has 0 saturated carbocycles.